The van der Waals surface area contributed by atoms with Crippen LogP contribution in [-0.2, 0) is 0 Å². The molecule has 1 nitrogen and oxygen atoms in total. The van der Waals surface area contributed by atoms with Crippen LogP contribution >= 0.6 is 11.8 Å². The van der Waals surface area contributed by atoms with E-state index in [0.717, 1.165) is 18.1 Å². The quantitative estimate of drug-likeness (QED) is 0.761. The van der Waals surface area contributed by atoms with Crippen LogP contribution in [-0.4, -0.2) is 23.2 Å². The third kappa shape index (κ3) is 3.47. The maximum absolute atomic E-state index is 10.1. The van der Waals surface area contributed by atoms with Gasteiger partial charge in [-0.15, -0.1) is 0 Å². The fraction of sp³-hybridized carbons (Fsp3) is 1.00. The second kappa shape index (κ2) is 6.73. The Morgan fingerprint density at radius 1 is 1.36 bits per heavy atom. The summed E-state index contributed by atoms with van der Waals surface area (Å²) in [5.74, 6) is 2.50. The Morgan fingerprint density at radius 2 is 2.07 bits per heavy atom. The monoisotopic (exact) mass is 216 g/mol. The Hall–Kier alpha value is 0.310. The van der Waals surface area contributed by atoms with Gasteiger partial charge in [0.15, 0.2) is 0 Å². The molecule has 1 aliphatic carbocycles. The van der Waals surface area contributed by atoms with Gasteiger partial charge in [0.25, 0.3) is 0 Å². The summed E-state index contributed by atoms with van der Waals surface area (Å²) in [5.41, 5.74) is 0. The van der Waals surface area contributed by atoms with E-state index in [9.17, 15) is 5.11 Å². The van der Waals surface area contributed by atoms with E-state index in [1.54, 1.807) is 0 Å². The molecule has 3 atom stereocenters. The van der Waals surface area contributed by atoms with Crippen molar-refractivity contribution in [2.75, 3.05) is 12.0 Å². The van der Waals surface area contributed by atoms with Gasteiger partial charge in [-0.05, 0) is 36.7 Å². The molecule has 1 saturated carbocycles. The summed E-state index contributed by atoms with van der Waals surface area (Å²) in [5, 5.41) is 10.1. The second-order valence-electron chi connectivity index (χ2n) is 4.47. The molecule has 0 bridgehead atoms. The maximum Gasteiger partial charge on any atom is 0.0578 e. The van der Waals surface area contributed by atoms with E-state index in [0.29, 0.717) is 5.92 Å². The van der Waals surface area contributed by atoms with Gasteiger partial charge >= 0.3 is 0 Å². The normalized spacial score (nSPS) is 30.2. The Balaban J connectivity index is 2.37. The summed E-state index contributed by atoms with van der Waals surface area (Å²) in [6.45, 7) is 2.27. The Bertz CT molecular complexity index is 149. The summed E-state index contributed by atoms with van der Waals surface area (Å²) in [7, 11) is 0. The van der Waals surface area contributed by atoms with E-state index >= 15 is 0 Å². The van der Waals surface area contributed by atoms with Gasteiger partial charge in [0.05, 0.1) is 6.10 Å². The van der Waals surface area contributed by atoms with Gasteiger partial charge in [0.2, 0.25) is 0 Å². The van der Waals surface area contributed by atoms with E-state index in [1.807, 2.05) is 11.8 Å². The van der Waals surface area contributed by atoms with Crippen LogP contribution in [0.15, 0.2) is 0 Å². The molecule has 1 aliphatic rings. The van der Waals surface area contributed by atoms with Gasteiger partial charge in [-0.2, -0.15) is 11.8 Å². The first-order chi connectivity index (χ1) is 6.79. The fourth-order valence-corrected chi connectivity index (χ4v) is 3.18. The molecule has 1 N–H and O–H groups in total. The average Bonchev–Trinajstić information content (AvgIpc) is 2.25. The molecule has 2 heteroatoms. The van der Waals surface area contributed by atoms with Crippen LogP contribution in [0.4, 0.5) is 0 Å². The van der Waals surface area contributed by atoms with Crippen molar-refractivity contribution in [2.24, 2.45) is 11.8 Å². The van der Waals surface area contributed by atoms with Gasteiger partial charge in [0.1, 0.15) is 0 Å². The fourth-order valence-electron chi connectivity index (χ4n) is 2.70. The zero-order chi connectivity index (χ0) is 10.4. The summed E-state index contributed by atoms with van der Waals surface area (Å²) in [6, 6.07) is 0. The van der Waals surface area contributed by atoms with Crippen LogP contribution in [0.25, 0.3) is 0 Å². The van der Waals surface area contributed by atoms with Crippen molar-refractivity contribution in [1.82, 2.24) is 0 Å². The van der Waals surface area contributed by atoms with Crippen molar-refractivity contribution in [2.45, 2.75) is 51.6 Å². The molecular formula is C12H24OS. The first-order valence-electron chi connectivity index (χ1n) is 5.96. The minimum atomic E-state index is -0.0345. The topological polar surface area (TPSA) is 20.2 Å². The standard InChI is InChI=1S/C12H24OS/c1-3-10-6-4-5-7-11(10)12(13)8-9-14-2/h10-13H,3-9H2,1-2H3. The number of hydrogen-bond donors (Lipinski definition) is 1. The lowest BCUT2D eigenvalue weighted by atomic mass is 9.74. The maximum atomic E-state index is 10.1. The van der Waals surface area contributed by atoms with Crippen LogP contribution in [0.1, 0.15) is 45.4 Å². The van der Waals surface area contributed by atoms with E-state index in [4.69, 9.17) is 0 Å². The van der Waals surface area contributed by atoms with E-state index in [2.05, 4.69) is 13.2 Å². The SMILES string of the molecule is CCC1CCCCC1C(O)CCSC. The Kier molecular flexibility index (Phi) is 5.95. The van der Waals surface area contributed by atoms with Crippen LogP contribution in [0, 0.1) is 11.8 Å². The van der Waals surface area contributed by atoms with Gasteiger partial charge in [-0.3, -0.25) is 0 Å². The minimum Gasteiger partial charge on any atom is -0.393 e. The summed E-state index contributed by atoms with van der Waals surface area (Å²) in [6.07, 6.45) is 9.63. The van der Waals surface area contributed by atoms with E-state index in [1.165, 1.54) is 32.1 Å². The third-order valence-electron chi connectivity index (χ3n) is 3.60. The molecular weight excluding hydrogens is 192 g/mol. The van der Waals surface area contributed by atoms with E-state index < -0.39 is 0 Å². The minimum absolute atomic E-state index is 0.0345. The molecule has 3 unspecified atom stereocenters. The molecule has 84 valence electrons. The number of aliphatic hydroxyl groups is 1. The first-order valence-corrected chi connectivity index (χ1v) is 7.36. The Labute approximate surface area is 92.7 Å². The first kappa shape index (κ1) is 12.4. The molecule has 0 aromatic heterocycles. The highest BCUT2D eigenvalue weighted by Crippen LogP contribution is 2.35. The predicted octanol–water partition coefficient (Wildman–Crippen LogP) is 3.32. The van der Waals surface area contributed by atoms with Gasteiger partial charge in [-0.1, -0.05) is 32.6 Å². The molecule has 0 amide bonds. The van der Waals surface area contributed by atoms with Crippen LogP contribution in [0.2, 0.25) is 0 Å². The van der Waals surface area contributed by atoms with Crippen molar-refractivity contribution in [3.05, 3.63) is 0 Å². The third-order valence-corrected chi connectivity index (χ3v) is 4.25. The lowest BCUT2D eigenvalue weighted by molar-refractivity contribution is 0.0444. The van der Waals surface area contributed by atoms with Crippen LogP contribution in [0.5, 0.6) is 0 Å². The van der Waals surface area contributed by atoms with Crippen molar-refractivity contribution in [3.8, 4) is 0 Å². The molecule has 1 fully saturated rings. The summed E-state index contributed by atoms with van der Waals surface area (Å²) in [4.78, 5) is 0. The molecule has 0 aromatic rings. The van der Waals surface area contributed by atoms with Gasteiger partial charge in [0, 0.05) is 0 Å². The number of rotatable bonds is 5. The summed E-state index contributed by atoms with van der Waals surface area (Å²) < 4.78 is 0. The highest BCUT2D eigenvalue weighted by molar-refractivity contribution is 7.98. The number of thioether (sulfide) groups is 1. The molecule has 0 heterocycles. The van der Waals surface area contributed by atoms with Crippen molar-refractivity contribution in [1.29, 1.82) is 0 Å². The molecule has 0 saturated heterocycles. The zero-order valence-electron chi connectivity index (χ0n) is 9.54. The Morgan fingerprint density at radius 3 is 2.71 bits per heavy atom. The van der Waals surface area contributed by atoms with Crippen molar-refractivity contribution < 1.29 is 5.11 Å². The van der Waals surface area contributed by atoms with E-state index in [-0.39, 0.29) is 6.10 Å². The molecule has 0 spiro atoms. The molecule has 0 radical (unpaired) electrons. The lowest BCUT2D eigenvalue weighted by Crippen LogP contribution is -2.30. The highest BCUT2D eigenvalue weighted by Gasteiger charge is 2.28. The van der Waals surface area contributed by atoms with Crippen molar-refractivity contribution >= 4 is 11.8 Å². The molecule has 0 aliphatic heterocycles. The average molecular weight is 216 g/mol. The zero-order valence-corrected chi connectivity index (χ0v) is 10.4. The lowest BCUT2D eigenvalue weighted by Gasteiger charge is -2.34. The predicted molar refractivity (Wildman–Crippen MR) is 64.7 cm³/mol. The largest absolute Gasteiger partial charge is 0.393 e. The van der Waals surface area contributed by atoms with Crippen LogP contribution in [0.3, 0.4) is 0 Å². The smallest absolute Gasteiger partial charge is 0.0578 e. The second-order valence-corrected chi connectivity index (χ2v) is 5.45. The number of aliphatic hydroxyl groups excluding tert-OH is 1. The molecule has 0 aromatic carbocycles. The van der Waals surface area contributed by atoms with Gasteiger partial charge in [-0.25, -0.2) is 0 Å². The molecule has 1 rings (SSSR count). The van der Waals surface area contributed by atoms with Crippen LogP contribution < -0.4 is 0 Å². The van der Waals surface area contributed by atoms with Gasteiger partial charge < -0.3 is 5.11 Å². The highest BCUT2D eigenvalue weighted by atomic mass is 32.2. The number of hydrogen-bond acceptors (Lipinski definition) is 2. The summed E-state index contributed by atoms with van der Waals surface area (Å²) >= 11 is 1.84. The van der Waals surface area contributed by atoms with Crippen molar-refractivity contribution in [3.63, 3.8) is 0 Å². The molecule has 14 heavy (non-hydrogen) atoms.